The predicted molar refractivity (Wildman–Crippen MR) is 56.1 cm³/mol. The second-order valence-corrected chi connectivity index (χ2v) is 4.51. The number of methoxy groups -OCH3 is 1. The largest absolute Gasteiger partial charge is 0.469 e. The molecule has 0 aromatic rings. The maximum absolute atomic E-state index is 12.6. The Morgan fingerprint density at radius 3 is 2.24 bits per heavy atom. The Morgan fingerprint density at radius 1 is 1.29 bits per heavy atom. The molecular weight excluding hydrogens is 235 g/mol. The first-order valence-corrected chi connectivity index (χ1v) is 5.78. The van der Waals surface area contributed by atoms with Gasteiger partial charge in [0, 0.05) is 0 Å². The fourth-order valence-electron chi connectivity index (χ4n) is 2.47. The Labute approximate surface area is 98.5 Å². The highest BCUT2D eigenvalue weighted by Crippen LogP contribution is 2.36. The van der Waals surface area contributed by atoms with Gasteiger partial charge in [0.05, 0.1) is 13.0 Å². The summed E-state index contributed by atoms with van der Waals surface area (Å²) in [5.41, 5.74) is 5.18. The van der Waals surface area contributed by atoms with Crippen molar-refractivity contribution in [2.45, 2.75) is 44.3 Å². The van der Waals surface area contributed by atoms with E-state index in [9.17, 15) is 18.0 Å². The van der Waals surface area contributed by atoms with Gasteiger partial charge in [-0.05, 0) is 18.8 Å². The van der Waals surface area contributed by atoms with Crippen LogP contribution in [0.4, 0.5) is 13.2 Å². The second-order valence-electron chi connectivity index (χ2n) is 4.51. The van der Waals surface area contributed by atoms with Crippen LogP contribution in [0.25, 0.3) is 0 Å². The first kappa shape index (κ1) is 14.3. The molecule has 2 N–H and O–H groups in total. The summed E-state index contributed by atoms with van der Waals surface area (Å²) < 4.78 is 42.3. The van der Waals surface area contributed by atoms with Gasteiger partial charge in [-0.2, -0.15) is 13.2 Å². The monoisotopic (exact) mass is 253 g/mol. The lowest BCUT2D eigenvalue weighted by Gasteiger charge is -2.32. The third-order valence-corrected chi connectivity index (χ3v) is 3.40. The van der Waals surface area contributed by atoms with Gasteiger partial charge in [-0.1, -0.05) is 19.3 Å². The summed E-state index contributed by atoms with van der Waals surface area (Å²) in [4.78, 5) is 11.5. The van der Waals surface area contributed by atoms with E-state index in [1.54, 1.807) is 0 Å². The molecule has 0 saturated heterocycles. The van der Waals surface area contributed by atoms with Crippen LogP contribution in [0.3, 0.4) is 0 Å². The van der Waals surface area contributed by atoms with E-state index in [0.717, 1.165) is 26.4 Å². The first-order chi connectivity index (χ1) is 7.88. The SMILES string of the molecule is COC(=O)[C@@H](C1CCCCC1)[C@H](N)C(F)(F)F. The van der Waals surface area contributed by atoms with Crippen LogP contribution in [-0.2, 0) is 9.53 Å². The van der Waals surface area contributed by atoms with Crippen molar-refractivity contribution in [3.63, 3.8) is 0 Å². The van der Waals surface area contributed by atoms with E-state index >= 15 is 0 Å². The minimum absolute atomic E-state index is 0.312. The highest BCUT2D eigenvalue weighted by atomic mass is 19.4. The van der Waals surface area contributed by atoms with Gasteiger partial charge in [-0.25, -0.2) is 0 Å². The summed E-state index contributed by atoms with van der Waals surface area (Å²) in [7, 11) is 1.10. The number of hydrogen-bond donors (Lipinski definition) is 1. The van der Waals surface area contributed by atoms with Crippen LogP contribution in [0.2, 0.25) is 0 Å². The zero-order chi connectivity index (χ0) is 13.1. The molecule has 100 valence electrons. The molecular formula is C11H18F3NO2. The van der Waals surface area contributed by atoms with Gasteiger partial charge in [0.1, 0.15) is 6.04 Å². The van der Waals surface area contributed by atoms with Gasteiger partial charge in [0.25, 0.3) is 0 Å². The van der Waals surface area contributed by atoms with Crippen molar-refractivity contribution in [3.05, 3.63) is 0 Å². The molecule has 0 unspecified atom stereocenters. The van der Waals surface area contributed by atoms with Gasteiger partial charge >= 0.3 is 12.1 Å². The van der Waals surface area contributed by atoms with Gasteiger partial charge in [0.15, 0.2) is 0 Å². The van der Waals surface area contributed by atoms with Gasteiger partial charge < -0.3 is 10.5 Å². The normalized spacial score (nSPS) is 21.9. The summed E-state index contributed by atoms with van der Waals surface area (Å²) in [6, 6.07) is -2.13. The average Bonchev–Trinajstić information content (AvgIpc) is 2.29. The van der Waals surface area contributed by atoms with Crippen molar-refractivity contribution in [2.75, 3.05) is 7.11 Å². The van der Waals surface area contributed by atoms with E-state index in [-0.39, 0.29) is 5.92 Å². The number of carbonyl (C=O) groups is 1. The number of rotatable bonds is 3. The van der Waals surface area contributed by atoms with Crippen molar-refractivity contribution in [1.82, 2.24) is 0 Å². The van der Waals surface area contributed by atoms with Crippen LogP contribution >= 0.6 is 0 Å². The zero-order valence-corrected chi connectivity index (χ0v) is 9.80. The molecule has 0 amide bonds. The number of nitrogens with two attached hydrogens (primary N) is 1. The van der Waals surface area contributed by atoms with Gasteiger partial charge in [-0.15, -0.1) is 0 Å². The van der Waals surface area contributed by atoms with E-state index in [0.29, 0.717) is 12.8 Å². The molecule has 0 aromatic heterocycles. The van der Waals surface area contributed by atoms with Crippen LogP contribution in [0.1, 0.15) is 32.1 Å². The number of esters is 1. The Morgan fingerprint density at radius 2 is 1.82 bits per heavy atom. The lowest BCUT2D eigenvalue weighted by molar-refractivity contribution is -0.180. The maximum Gasteiger partial charge on any atom is 0.404 e. The minimum Gasteiger partial charge on any atom is -0.469 e. The van der Waals surface area contributed by atoms with Crippen molar-refractivity contribution in [2.24, 2.45) is 17.6 Å². The quantitative estimate of drug-likeness (QED) is 0.785. The van der Waals surface area contributed by atoms with Crippen molar-refractivity contribution < 1.29 is 22.7 Å². The molecule has 3 nitrogen and oxygen atoms in total. The molecule has 0 aromatic carbocycles. The lowest BCUT2D eigenvalue weighted by Crippen LogP contribution is -2.50. The second kappa shape index (κ2) is 5.71. The van der Waals surface area contributed by atoms with Crippen molar-refractivity contribution in [3.8, 4) is 0 Å². The predicted octanol–water partition coefficient (Wildman–Crippen LogP) is 2.25. The lowest BCUT2D eigenvalue weighted by atomic mass is 9.76. The highest BCUT2D eigenvalue weighted by Gasteiger charge is 2.48. The topological polar surface area (TPSA) is 52.3 Å². The summed E-state index contributed by atoms with van der Waals surface area (Å²) in [5, 5.41) is 0. The molecule has 0 bridgehead atoms. The summed E-state index contributed by atoms with van der Waals surface area (Å²) in [6.45, 7) is 0. The molecule has 2 atom stereocenters. The maximum atomic E-state index is 12.6. The molecule has 0 radical (unpaired) electrons. The molecule has 0 aliphatic heterocycles. The fraction of sp³-hybridized carbons (Fsp3) is 0.909. The third-order valence-electron chi connectivity index (χ3n) is 3.40. The number of hydrogen-bond acceptors (Lipinski definition) is 3. The van der Waals surface area contributed by atoms with E-state index in [4.69, 9.17) is 5.73 Å². The number of carbonyl (C=O) groups excluding carboxylic acids is 1. The molecule has 1 fully saturated rings. The van der Waals surface area contributed by atoms with E-state index in [1.165, 1.54) is 0 Å². The molecule has 0 spiro atoms. The highest BCUT2D eigenvalue weighted by molar-refractivity contribution is 5.73. The molecule has 1 saturated carbocycles. The fourth-order valence-corrected chi connectivity index (χ4v) is 2.47. The van der Waals surface area contributed by atoms with E-state index in [1.807, 2.05) is 0 Å². The number of ether oxygens (including phenoxy) is 1. The van der Waals surface area contributed by atoms with E-state index in [2.05, 4.69) is 4.74 Å². The van der Waals surface area contributed by atoms with Crippen LogP contribution in [-0.4, -0.2) is 25.3 Å². The molecule has 1 aliphatic carbocycles. The Kier molecular flexibility index (Phi) is 4.80. The zero-order valence-electron chi connectivity index (χ0n) is 9.80. The first-order valence-electron chi connectivity index (χ1n) is 5.78. The summed E-state index contributed by atoms with van der Waals surface area (Å²) >= 11 is 0. The summed E-state index contributed by atoms with van der Waals surface area (Å²) in [6.07, 6.45) is -0.624. The van der Waals surface area contributed by atoms with Gasteiger partial charge in [-0.3, -0.25) is 4.79 Å². The summed E-state index contributed by atoms with van der Waals surface area (Å²) in [5.74, 6) is -2.42. The van der Waals surface area contributed by atoms with Crippen LogP contribution in [0.15, 0.2) is 0 Å². The minimum atomic E-state index is -4.56. The standard InChI is InChI=1S/C11H18F3NO2/c1-17-10(16)8(9(15)11(12,13)14)7-5-3-2-4-6-7/h7-9H,2-6,15H2,1H3/t8-,9-/m0/s1. The third kappa shape index (κ3) is 3.59. The molecule has 6 heteroatoms. The van der Waals surface area contributed by atoms with Crippen molar-refractivity contribution >= 4 is 5.97 Å². The smallest absolute Gasteiger partial charge is 0.404 e. The molecule has 0 heterocycles. The van der Waals surface area contributed by atoms with Crippen molar-refractivity contribution in [1.29, 1.82) is 0 Å². The Balaban J connectivity index is 2.82. The molecule has 1 rings (SSSR count). The Hall–Kier alpha value is -0.780. The average molecular weight is 253 g/mol. The van der Waals surface area contributed by atoms with E-state index < -0.39 is 24.1 Å². The number of alkyl halides is 3. The molecule has 1 aliphatic rings. The molecule has 17 heavy (non-hydrogen) atoms. The Bertz CT molecular complexity index is 262. The van der Waals surface area contributed by atoms with Crippen LogP contribution in [0.5, 0.6) is 0 Å². The number of halogens is 3. The van der Waals surface area contributed by atoms with Crippen LogP contribution < -0.4 is 5.73 Å². The van der Waals surface area contributed by atoms with Crippen LogP contribution in [0, 0.1) is 11.8 Å². The van der Waals surface area contributed by atoms with Gasteiger partial charge in [0.2, 0.25) is 0 Å².